The molecular weight excluding hydrogens is 270 g/mol. The molecular formula is C19H21N3. The van der Waals surface area contributed by atoms with E-state index in [1.165, 1.54) is 17.7 Å². The minimum absolute atomic E-state index is 0.707. The number of nitrogens with one attached hydrogen (secondary N) is 1. The molecule has 0 spiro atoms. The molecule has 0 bridgehead atoms. The lowest BCUT2D eigenvalue weighted by atomic mass is 10.1. The molecule has 0 saturated carbocycles. The van der Waals surface area contributed by atoms with Gasteiger partial charge in [0.1, 0.15) is 0 Å². The zero-order valence-electron chi connectivity index (χ0n) is 12.7. The summed E-state index contributed by atoms with van der Waals surface area (Å²) in [6.45, 7) is 4.19. The summed E-state index contributed by atoms with van der Waals surface area (Å²) in [7, 11) is 0. The molecule has 1 atom stereocenters. The van der Waals surface area contributed by atoms with Crippen molar-refractivity contribution in [1.29, 1.82) is 5.26 Å². The van der Waals surface area contributed by atoms with Gasteiger partial charge in [0.05, 0.1) is 11.6 Å². The molecule has 3 heteroatoms. The van der Waals surface area contributed by atoms with E-state index in [0.717, 1.165) is 31.7 Å². The molecule has 3 nitrogen and oxygen atoms in total. The highest BCUT2D eigenvalue weighted by Crippen LogP contribution is 2.22. The monoisotopic (exact) mass is 291 g/mol. The van der Waals surface area contributed by atoms with Crippen molar-refractivity contribution >= 4 is 5.69 Å². The maximum Gasteiger partial charge on any atom is 0.0991 e. The van der Waals surface area contributed by atoms with E-state index in [-0.39, 0.29) is 0 Å². The van der Waals surface area contributed by atoms with E-state index in [1.807, 2.05) is 24.3 Å². The molecule has 1 N–H and O–H groups in total. The third-order valence-electron chi connectivity index (χ3n) is 4.25. The van der Waals surface area contributed by atoms with Crippen LogP contribution in [0.25, 0.3) is 0 Å². The first-order chi connectivity index (χ1) is 10.8. The molecule has 112 valence electrons. The summed E-state index contributed by atoms with van der Waals surface area (Å²) in [4.78, 5) is 2.47. The second kappa shape index (κ2) is 7.11. The number of para-hydroxylation sites is 1. The van der Waals surface area contributed by atoms with E-state index < -0.39 is 0 Å². The Balaban J connectivity index is 1.44. The zero-order chi connectivity index (χ0) is 15.2. The summed E-state index contributed by atoms with van der Waals surface area (Å²) in [5.74, 6) is 0.707. The normalized spacial score (nSPS) is 17.4. The Labute approximate surface area is 132 Å². The van der Waals surface area contributed by atoms with E-state index in [2.05, 4.69) is 46.6 Å². The molecule has 1 aliphatic rings. The second-order valence-electron chi connectivity index (χ2n) is 5.88. The summed E-state index contributed by atoms with van der Waals surface area (Å²) in [6, 6.07) is 20.6. The van der Waals surface area contributed by atoms with E-state index in [9.17, 15) is 0 Å². The van der Waals surface area contributed by atoms with Gasteiger partial charge in [-0.1, -0.05) is 30.3 Å². The van der Waals surface area contributed by atoms with Gasteiger partial charge < -0.3 is 10.2 Å². The van der Waals surface area contributed by atoms with E-state index in [0.29, 0.717) is 5.92 Å². The number of hydrogen-bond donors (Lipinski definition) is 1. The van der Waals surface area contributed by atoms with Gasteiger partial charge in [-0.2, -0.15) is 5.26 Å². The summed E-state index contributed by atoms with van der Waals surface area (Å²) < 4.78 is 0. The topological polar surface area (TPSA) is 39.1 Å². The van der Waals surface area contributed by atoms with Crippen LogP contribution in [0.4, 0.5) is 5.69 Å². The quantitative estimate of drug-likeness (QED) is 0.919. The number of rotatable bonds is 5. The Morgan fingerprint density at radius 1 is 1.09 bits per heavy atom. The average Bonchev–Trinajstić information content (AvgIpc) is 3.05. The second-order valence-corrected chi connectivity index (χ2v) is 5.88. The third-order valence-corrected chi connectivity index (χ3v) is 4.25. The number of nitrogens with zero attached hydrogens (tertiary/aromatic N) is 2. The largest absolute Gasteiger partial charge is 0.371 e. The van der Waals surface area contributed by atoms with Gasteiger partial charge in [-0.05, 0) is 42.2 Å². The zero-order valence-corrected chi connectivity index (χ0v) is 12.7. The van der Waals surface area contributed by atoms with Gasteiger partial charge in [0, 0.05) is 31.9 Å². The minimum Gasteiger partial charge on any atom is -0.371 e. The molecule has 1 saturated heterocycles. The van der Waals surface area contributed by atoms with Crippen LogP contribution in [0.1, 0.15) is 17.5 Å². The molecule has 1 heterocycles. The van der Waals surface area contributed by atoms with Gasteiger partial charge in [-0.25, -0.2) is 0 Å². The van der Waals surface area contributed by atoms with Crippen LogP contribution in [0.2, 0.25) is 0 Å². The maximum atomic E-state index is 8.80. The fraction of sp³-hybridized carbons (Fsp3) is 0.316. The average molecular weight is 291 g/mol. The fourth-order valence-corrected chi connectivity index (χ4v) is 2.99. The first kappa shape index (κ1) is 14.6. The van der Waals surface area contributed by atoms with Gasteiger partial charge in [0.25, 0.3) is 0 Å². The number of nitriles is 1. The molecule has 0 amide bonds. The van der Waals surface area contributed by atoms with Gasteiger partial charge >= 0.3 is 0 Å². The van der Waals surface area contributed by atoms with Gasteiger partial charge in [-0.15, -0.1) is 0 Å². The molecule has 2 aromatic rings. The Hall–Kier alpha value is -2.31. The Kier molecular flexibility index (Phi) is 4.72. The highest BCUT2D eigenvalue weighted by Gasteiger charge is 2.21. The van der Waals surface area contributed by atoms with Crippen molar-refractivity contribution in [3.05, 3.63) is 65.7 Å². The number of benzene rings is 2. The summed E-state index contributed by atoms with van der Waals surface area (Å²) in [5.41, 5.74) is 3.28. The molecule has 0 aromatic heterocycles. The smallest absolute Gasteiger partial charge is 0.0991 e. The first-order valence-corrected chi connectivity index (χ1v) is 7.85. The molecule has 3 rings (SSSR count). The SMILES string of the molecule is N#Cc1ccc(CNC[C@H]2CCN(c3ccccc3)C2)cc1. The predicted molar refractivity (Wildman–Crippen MR) is 89.6 cm³/mol. The van der Waals surface area contributed by atoms with Crippen molar-refractivity contribution in [2.24, 2.45) is 5.92 Å². The van der Waals surface area contributed by atoms with Crippen LogP contribution in [-0.4, -0.2) is 19.6 Å². The van der Waals surface area contributed by atoms with Crippen molar-refractivity contribution in [2.75, 3.05) is 24.5 Å². The molecule has 22 heavy (non-hydrogen) atoms. The highest BCUT2D eigenvalue weighted by atomic mass is 15.2. The first-order valence-electron chi connectivity index (χ1n) is 7.85. The van der Waals surface area contributed by atoms with Gasteiger partial charge in [0.2, 0.25) is 0 Å². The van der Waals surface area contributed by atoms with Crippen LogP contribution >= 0.6 is 0 Å². The van der Waals surface area contributed by atoms with Crippen LogP contribution in [-0.2, 0) is 6.54 Å². The number of hydrogen-bond acceptors (Lipinski definition) is 3. The van der Waals surface area contributed by atoms with Crippen molar-refractivity contribution in [1.82, 2.24) is 5.32 Å². The van der Waals surface area contributed by atoms with Gasteiger partial charge in [0.15, 0.2) is 0 Å². The lowest BCUT2D eigenvalue weighted by Crippen LogP contribution is -2.26. The summed E-state index contributed by atoms with van der Waals surface area (Å²) in [5, 5.41) is 12.3. The van der Waals surface area contributed by atoms with Crippen LogP contribution in [0.15, 0.2) is 54.6 Å². The molecule has 0 aliphatic carbocycles. The summed E-state index contributed by atoms with van der Waals surface area (Å²) in [6.07, 6.45) is 1.25. The van der Waals surface area contributed by atoms with Crippen LogP contribution in [0.5, 0.6) is 0 Å². The van der Waals surface area contributed by atoms with Gasteiger partial charge in [-0.3, -0.25) is 0 Å². The van der Waals surface area contributed by atoms with E-state index in [1.54, 1.807) is 0 Å². The summed E-state index contributed by atoms with van der Waals surface area (Å²) >= 11 is 0. The third kappa shape index (κ3) is 3.66. The number of anilines is 1. The predicted octanol–water partition coefficient (Wildman–Crippen LogP) is 3.17. The molecule has 0 unspecified atom stereocenters. The molecule has 1 aliphatic heterocycles. The lowest BCUT2D eigenvalue weighted by molar-refractivity contribution is 0.516. The van der Waals surface area contributed by atoms with Crippen molar-refractivity contribution in [2.45, 2.75) is 13.0 Å². The molecule has 0 radical (unpaired) electrons. The van der Waals surface area contributed by atoms with E-state index in [4.69, 9.17) is 5.26 Å². The van der Waals surface area contributed by atoms with Crippen LogP contribution in [0.3, 0.4) is 0 Å². The molecule has 2 aromatic carbocycles. The minimum atomic E-state index is 0.707. The maximum absolute atomic E-state index is 8.80. The van der Waals surface area contributed by atoms with E-state index >= 15 is 0 Å². The Bertz CT molecular complexity index is 628. The lowest BCUT2D eigenvalue weighted by Gasteiger charge is -2.18. The Morgan fingerprint density at radius 2 is 1.86 bits per heavy atom. The van der Waals surface area contributed by atoms with Crippen molar-refractivity contribution < 1.29 is 0 Å². The Morgan fingerprint density at radius 3 is 2.59 bits per heavy atom. The fourth-order valence-electron chi connectivity index (χ4n) is 2.99. The highest BCUT2D eigenvalue weighted by molar-refractivity contribution is 5.46. The van der Waals surface area contributed by atoms with Crippen molar-refractivity contribution in [3.63, 3.8) is 0 Å². The van der Waals surface area contributed by atoms with Crippen LogP contribution < -0.4 is 10.2 Å². The standard InChI is InChI=1S/C19H21N3/c20-12-16-6-8-17(9-7-16)13-21-14-18-10-11-22(15-18)19-4-2-1-3-5-19/h1-9,18,21H,10-11,13-15H2/t18-/m1/s1. The van der Waals surface area contributed by atoms with Crippen molar-refractivity contribution in [3.8, 4) is 6.07 Å². The molecule has 1 fully saturated rings. The van der Waals surface area contributed by atoms with Crippen LogP contribution in [0, 0.1) is 17.2 Å².